The molecule has 0 bridgehead atoms. The Balaban J connectivity index is 1.60. The van der Waals surface area contributed by atoms with Crippen molar-refractivity contribution in [1.29, 1.82) is 0 Å². The second-order valence-electron chi connectivity index (χ2n) is 6.60. The highest BCUT2D eigenvalue weighted by molar-refractivity contribution is 5.87. The monoisotopic (exact) mass is 319 g/mol. The molecule has 2 aliphatic rings. The summed E-state index contributed by atoms with van der Waals surface area (Å²) in [5.41, 5.74) is 0. The second-order valence-corrected chi connectivity index (χ2v) is 6.60. The van der Waals surface area contributed by atoms with Gasteiger partial charge in [-0.3, -0.25) is 9.48 Å². The molecule has 7 heteroatoms. The van der Waals surface area contributed by atoms with Gasteiger partial charge in [-0.2, -0.15) is 5.10 Å². The number of carbonyl (C=O) groups excluding carboxylic acids is 2. The van der Waals surface area contributed by atoms with Crippen LogP contribution in [0.5, 0.6) is 0 Å². The lowest BCUT2D eigenvalue weighted by molar-refractivity contribution is -0.125. The first-order valence-corrected chi connectivity index (χ1v) is 8.49. The Bertz CT molecular complexity index is 545. The summed E-state index contributed by atoms with van der Waals surface area (Å²) in [5.74, 6) is 0.0638. The summed E-state index contributed by atoms with van der Waals surface area (Å²) in [7, 11) is 0. The molecule has 1 aromatic rings. The molecule has 2 heterocycles. The number of nitrogens with zero attached hydrogens (tertiary/aromatic N) is 2. The molecule has 3 amide bonds. The van der Waals surface area contributed by atoms with Crippen molar-refractivity contribution in [2.24, 2.45) is 5.92 Å². The minimum atomic E-state index is -0.449. The van der Waals surface area contributed by atoms with E-state index < -0.39 is 6.04 Å². The summed E-state index contributed by atoms with van der Waals surface area (Å²) >= 11 is 0. The molecule has 7 nitrogen and oxygen atoms in total. The first-order valence-electron chi connectivity index (χ1n) is 8.49. The van der Waals surface area contributed by atoms with E-state index in [-0.39, 0.29) is 29.9 Å². The number of amides is 3. The molecule has 3 N–H and O–H groups in total. The minimum absolute atomic E-state index is 0.0469. The van der Waals surface area contributed by atoms with Crippen molar-refractivity contribution in [2.75, 3.05) is 6.54 Å². The Hall–Kier alpha value is -2.05. The van der Waals surface area contributed by atoms with Crippen LogP contribution in [0.1, 0.15) is 45.1 Å². The Morgan fingerprint density at radius 3 is 2.87 bits per heavy atom. The lowest BCUT2D eigenvalue weighted by Crippen LogP contribution is -2.58. The molecule has 1 saturated heterocycles. The molecule has 2 fully saturated rings. The van der Waals surface area contributed by atoms with Crippen molar-refractivity contribution < 1.29 is 9.59 Å². The molecule has 1 aliphatic heterocycles. The van der Waals surface area contributed by atoms with Crippen LogP contribution in [-0.2, 0) is 4.79 Å². The van der Waals surface area contributed by atoms with Crippen molar-refractivity contribution in [3.05, 3.63) is 18.5 Å². The van der Waals surface area contributed by atoms with Crippen LogP contribution in [0.4, 0.5) is 4.79 Å². The first-order chi connectivity index (χ1) is 11.1. The predicted molar refractivity (Wildman–Crippen MR) is 85.8 cm³/mol. The molecule has 1 aromatic heterocycles. The van der Waals surface area contributed by atoms with Gasteiger partial charge in [0, 0.05) is 18.9 Å². The Labute approximate surface area is 136 Å². The molecule has 4 atom stereocenters. The maximum Gasteiger partial charge on any atom is 0.315 e. The van der Waals surface area contributed by atoms with Crippen molar-refractivity contribution in [3.63, 3.8) is 0 Å². The van der Waals surface area contributed by atoms with E-state index in [1.807, 2.05) is 23.9 Å². The van der Waals surface area contributed by atoms with Crippen molar-refractivity contribution in [2.45, 2.75) is 57.2 Å². The zero-order valence-electron chi connectivity index (χ0n) is 13.5. The predicted octanol–water partition coefficient (Wildman–Crippen LogP) is 1.19. The number of rotatable bonds is 3. The first kappa shape index (κ1) is 15.8. The minimum Gasteiger partial charge on any atom is -0.354 e. The average molecular weight is 319 g/mol. The molecule has 0 radical (unpaired) electrons. The van der Waals surface area contributed by atoms with E-state index in [1.165, 1.54) is 0 Å². The van der Waals surface area contributed by atoms with Gasteiger partial charge in [-0.1, -0.05) is 19.8 Å². The molecule has 126 valence electrons. The van der Waals surface area contributed by atoms with Crippen LogP contribution in [0.25, 0.3) is 0 Å². The third-order valence-electron chi connectivity index (χ3n) is 4.95. The summed E-state index contributed by atoms with van der Waals surface area (Å²) in [6.45, 7) is 2.68. The van der Waals surface area contributed by atoms with E-state index in [2.05, 4.69) is 21.0 Å². The average Bonchev–Trinajstić information content (AvgIpc) is 3.06. The van der Waals surface area contributed by atoms with Gasteiger partial charge in [0.25, 0.3) is 0 Å². The van der Waals surface area contributed by atoms with Gasteiger partial charge in [0.1, 0.15) is 6.04 Å². The summed E-state index contributed by atoms with van der Waals surface area (Å²) < 4.78 is 1.93. The molecule has 3 rings (SSSR count). The zero-order valence-corrected chi connectivity index (χ0v) is 13.5. The molecule has 1 saturated carbocycles. The Kier molecular flexibility index (Phi) is 4.83. The van der Waals surface area contributed by atoms with Crippen LogP contribution >= 0.6 is 0 Å². The summed E-state index contributed by atoms with van der Waals surface area (Å²) in [6.07, 6.45) is 8.78. The molecule has 1 aliphatic carbocycles. The Morgan fingerprint density at radius 1 is 1.30 bits per heavy atom. The van der Waals surface area contributed by atoms with Gasteiger partial charge >= 0.3 is 6.03 Å². The highest BCUT2D eigenvalue weighted by Crippen LogP contribution is 2.28. The fraction of sp³-hybridized carbons (Fsp3) is 0.688. The van der Waals surface area contributed by atoms with E-state index in [1.54, 1.807) is 6.20 Å². The van der Waals surface area contributed by atoms with Gasteiger partial charge in [-0.15, -0.1) is 0 Å². The highest BCUT2D eigenvalue weighted by atomic mass is 16.2. The van der Waals surface area contributed by atoms with Gasteiger partial charge in [-0.25, -0.2) is 4.79 Å². The number of nitrogens with one attached hydrogen (secondary N) is 3. The maximum absolute atomic E-state index is 12.4. The maximum atomic E-state index is 12.4. The summed E-state index contributed by atoms with van der Waals surface area (Å²) in [5, 5.41) is 13.0. The quantitative estimate of drug-likeness (QED) is 0.782. The van der Waals surface area contributed by atoms with Gasteiger partial charge in [0.2, 0.25) is 5.91 Å². The van der Waals surface area contributed by atoms with Gasteiger partial charge < -0.3 is 16.0 Å². The Morgan fingerprint density at radius 2 is 2.13 bits per heavy atom. The third kappa shape index (κ3) is 3.65. The van der Waals surface area contributed by atoms with Gasteiger partial charge in [0.15, 0.2) is 0 Å². The number of piperidine rings is 1. The number of urea groups is 1. The number of hydrogen-bond donors (Lipinski definition) is 3. The zero-order chi connectivity index (χ0) is 16.2. The normalized spacial score (nSPS) is 31.3. The van der Waals surface area contributed by atoms with Gasteiger partial charge in [0.05, 0.1) is 12.1 Å². The smallest absolute Gasteiger partial charge is 0.315 e. The van der Waals surface area contributed by atoms with E-state index >= 15 is 0 Å². The second kappa shape index (κ2) is 7.02. The van der Waals surface area contributed by atoms with Crippen LogP contribution in [0.15, 0.2) is 18.5 Å². The summed E-state index contributed by atoms with van der Waals surface area (Å²) in [4.78, 5) is 24.3. The standard InChI is InChI=1S/C16H25N5O2/c1-11-7-9-17-15(22)14(11)20-16(23)19-12-5-2-3-6-13(12)21-10-4-8-18-21/h4,8,10-14H,2-3,5-7,9H2,1H3,(H,17,22)(H2,19,20,23)/t11-,12-,13+,14-/m1/s1. The van der Waals surface area contributed by atoms with Crippen LogP contribution in [0.3, 0.4) is 0 Å². The summed E-state index contributed by atoms with van der Waals surface area (Å²) in [6, 6.07) is 1.42. The van der Waals surface area contributed by atoms with Crippen molar-refractivity contribution >= 4 is 11.9 Å². The third-order valence-corrected chi connectivity index (χ3v) is 4.95. The molecule has 0 unspecified atom stereocenters. The van der Waals surface area contributed by atoms with Crippen LogP contribution in [-0.4, -0.2) is 40.3 Å². The number of hydrogen-bond acceptors (Lipinski definition) is 3. The van der Waals surface area contributed by atoms with Crippen molar-refractivity contribution in [1.82, 2.24) is 25.7 Å². The molecular weight excluding hydrogens is 294 g/mol. The fourth-order valence-electron chi connectivity index (χ4n) is 3.59. The van der Waals surface area contributed by atoms with Gasteiger partial charge in [-0.05, 0) is 31.2 Å². The lowest BCUT2D eigenvalue weighted by Gasteiger charge is -2.34. The highest BCUT2D eigenvalue weighted by Gasteiger charge is 2.32. The fourth-order valence-corrected chi connectivity index (χ4v) is 3.59. The van der Waals surface area contributed by atoms with E-state index in [4.69, 9.17) is 0 Å². The van der Waals surface area contributed by atoms with Crippen LogP contribution in [0, 0.1) is 5.92 Å². The van der Waals surface area contributed by atoms with Crippen LogP contribution in [0.2, 0.25) is 0 Å². The topological polar surface area (TPSA) is 88.0 Å². The molecule has 23 heavy (non-hydrogen) atoms. The van der Waals surface area contributed by atoms with E-state index in [9.17, 15) is 9.59 Å². The molecular formula is C16H25N5O2. The molecule has 0 spiro atoms. The number of aromatic nitrogens is 2. The van der Waals surface area contributed by atoms with E-state index in [0.717, 1.165) is 32.1 Å². The largest absolute Gasteiger partial charge is 0.354 e. The molecule has 0 aromatic carbocycles. The van der Waals surface area contributed by atoms with Crippen LogP contribution < -0.4 is 16.0 Å². The lowest BCUT2D eigenvalue weighted by atomic mass is 9.90. The van der Waals surface area contributed by atoms with E-state index in [0.29, 0.717) is 6.54 Å². The number of carbonyl (C=O) groups is 2. The van der Waals surface area contributed by atoms with Crippen molar-refractivity contribution in [3.8, 4) is 0 Å². The SMILES string of the molecule is C[C@@H]1CCNC(=O)[C@@H]1NC(=O)N[C@@H]1CCCC[C@@H]1n1cccn1.